The van der Waals surface area contributed by atoms with Gasteiger partial charge in [0.15, 0.2) is 11.6 Å². The smallest absolute Gasteiger partial charge is 0.165 e. The highest BCUT2D eigenvalue weighted by molar-refractivity contribution is 7.11. The summed E-state index contributed by atoms with van der Waals surface area (Å²) in [5.41, 5.74) is 1.30. The van der Waals surface area contributed by atoms with E-state index in [9.17, 15) is 4.39 Å². The molecule has 2 aromatic heterocycles. The molecule has 128 valence electrons. The Bertz CT molecular complexity index is 717. The topological polar surface area (TPSA) is 41.1 Å². The van der Waals surface area contributed by atoms with Gasteiger partial charge in [-0.2, -0.15) is 0 Å². The number of nitrogens with one attached hydrogen (secondary N) is 1. The number of anilines is 1. The number of nitrogens with zero attached hydrogens (tertiary/aromatic N) is 3. The normalized spacial score (nSPS) is 23.5. The first-order chi connectivity index (χ1) is 11.7. The molecule has 1 fully saturated rings. The summed E-state index contributed by atoms with van der Waals surface area (Å²) in [7, 11) is 0. The number of aryl methyl sites for hydroxylation is 2. The van der Waals surface area contributed by atoms with Crippen LogP contribution in [0.3, 0.4) is 0 Å². The molecule has 6 heteroatoms. The fourth-order valence-corrected chi connectivity index (χ4v) is 4.91. The fourth-order valence-electron chi connectivity index (χ4n) is 3.76. The number of hydrogen-bond donors (Lipinski definition) is 1. The highest BCUT2D eigenvalue weighted by Gasteiger charge is 2.30. The zero-order valence-electron chi connectivity index (χ0n) is 14.0. The van der Waals surface area contributed by atoms with Crippen LogP contribution in [-0.2, 0) is 12.8 Å². The van der Waals surface area contributed by atoms with E-state index >= 15 is 0 Å². The number of thiazole rings is 1. The van der Waals surface area contributed by atoms with Crippen molar-refractivity contribution in [2.45, 2.75) is 51.1 Å². The minimum absolute atomic E-state index is 0.229. The molecule has 4 rings (SSSR count). The van der Waals surface area contributed by atoms with E-state index in [1.807, 2.05) is 11.3 Å². The second kappa shape index (κ2) is 6.76. The Balaban J connectivity index is 1.44. The third kappa shape index (κ3) is 3.05. The Morgan fingerprint density at radius 3 is 3.17 bits per heavy atom. The van der Waals surface area contributed by atoms with Gasteiger partial charge in [0.05, 0.1) is 10.7 Å². The van der Waals surface area contributed by atoms with Crippen LogP contribution in [0.5, 0.6) is 0 Å². The van der Waals surface area contributed by atoms with Gasteiger partial charge in [0, 0.05) is 36.2 Å². The maximum absolute atomic E-state index is 13.9. The predicted molar refractivity (Wildman–Crippen MR) is 95.1 cm³/mol. The summed E-state index contributed by atoms with van der Waals surface area (Å²) in [6.45, 7) is 3.84. The van der Waals surface area contributed by atoms with Crippen LogP contribution < -0.4 is 10.2 Å². The van der Waals surface area contributed by atoms with Gasteiger partial charge in [0.1, 0.15) is 0 Å². The largest absolute Gasteiger partial charge is 0.353 e. The summed E-state index contributed by atoms with van der Waals surface area (Å²) in [6.07, 6.45) is 7.19. The van der Waals surface area contributed by atoms with E-state index in [0.29, 0.717) is 17.9 Å². The first-order valence-electron chi connectivity index (χ1n) is 8.84. The summed E-state index contributed by atoms with van der Waals surface area (Å²) in [4.78, 5) is 12.5. The second-order valence-electron chi connectivity index (χ2n) is 6.62. The molecular weight excluding hydrogens is 323 g/mol. The first kappa shape index (κ1) is 16.0. The fraction of sp³-hybridized carbons (Fsp3) is 0.556. The molecule has 2 aromatic rings. The summed E-state index contributed by atoms with van der Waals surface area (Å²) < 4.78 is 13.9. The van der Waals surface area contributed by atoms with Crippen molar-refractivity contribution >= 4 is 17.2 Å². The molecule has 0 unspecified atom stereocenters. The van der Waals surface area contributed by atoms with E-state index in [0.717, 1.165) is 32.4 Å². The Hall–Kier alpha value is -1.53. The molecule has 4 nitrogen and oxygen atoms in total. The lowest BCUT2D eigenvalue weighted by molar-refractivity contribution is 0.413. The van der Waals surface area contributed by atoms with Gasteiger partial charge in [0.2, 0.25) is 0 Å². The van der Waals surface area contributed by atoms with Gasteiger partial charge < -0.3 is 10.2 Å². The summed E-state index contributed by atoms with van der Waals surface area (Å²) in [5.74, 6) is 0.255. The molecule has 2 atom stereocenters. The average Bonchev–Trinajstić information content (AvgIpc) is 3.22. The molecule has 2 aliphatic rings. The van der Waals surface area contributed by atoms with Crippen molar-refractivity contribution in [2.24, 2.45) is 0 Å². The van der Waals surface area contributed by atoms with E-state index < -0.39 is 0 Å². The van der Waals surface area contributed by atoms with Crippen molar-refractivity contribution in [2.75, 3.05) is 18.0 Å². The Morgan fingerprint density at radius 2 is 2.33 bits per heavy atom. The number of fused-ring (bicyclic) bond motifs is 1. The molecule has 1 N–H and O–H groups in total. The first-order valence-corrected chi connectivity index (χ1v) is 9.66. The van der Waals surface area contributed by atoms with Gasteiger partial charge in [-0.15, -0.1) is 11.3 Å². The molecule has 24 heavy (non-hydrogen) atoms. The molecular formula is C18H23FN4S. The van der Waals surface area contributed by atoms with E-state index in [1.165, 1.54) is 34.5 Å². The zero-order valence-corrected chi connectivity index (χ0v) is 14.8. The third-order valence-electron chi connectivity index (χ3n) is 4.96. The van der Waals surface area contributed by atoms with Crippen LogP contribution in [0.1, 0.15) is 47.8 Å². The molecule has 1 saturated heterocycles. The third-order valence-corrected chi connectivity index (χ3v) is 6.32. The van der Waals surface area contributed by atoms with Crippen LogP contribution in [0.25, 0.3) is 0 Å². The van der Waals surface area contributed by atoms with Gasteiger partial charge in [-0.3, -0.25) is 0 Å². The number of pyridine rings is 1. The molecule has 0 bridgehead atoms. The number of rotatable bonds is 4. The maximum atomic E-state index is 13.9. The van der Waals surface area contributed by atoms with Crippen LogP contribution in [0, 0.1) is 5.82 Å². The van der Waals surface area contributed by atoms with Crippen molar-refractivity contribution < 1.29 is 4.39 Å². The quantitative estimate of drug-likeness (QED) is 0.920. The number of hydrogen-bond acceptors (Lipinski definition) is 5. The monoisotopic (exact) mass is 346 g/mol. The molecule has 0 amide bonds. The molecule has 0 spiro atoms. The van der Waals surface area contributed by atoms with Crippen LogP contribution in [0.2, 0.25) is 0 Å². The second-order valence-corrected chi connectivity index (χ2v) is 7.74. The summed E-state index contributed by atoms with van der Waals surface area (Å²) in [5, 5.41) is 5.06. The van der Waals surface area contributed by atoms with Crippen LogP contribution in [0.4, 0.5) is 10.2 Å². The minimum Gasteiger partial charge on any atom is -0.353 e. The molecule has 0 radical (unpaired) electrons. The van der Waals surface area contributed by atoms with Crippen LogP contribution >= 0.6 is 11.3 Å². The number of aromatic nitrogens is 2. The standard InChI is InChI=1S/C18H23FN4S/c1-2-16-22-15-7-3-6-14(17(15)24-16)21-12-8-10-23(11-12)18-13(19)5-4-9-20-18/h4-5,9,12,14,21H,2-3,6-8,10-11H2,1H3/t12-,14+/m1/s1. The lowest BCUT2D eigenvalue weighted by Gasteiger charge is -2.26. The number of halogens is 1. The Kier molecular flexibility index (Phi) is 4.50. The van der Waals surface area contributed by atoms with Crippen LogP contribution in [-0.4, -0.2) is 29.1 Å². The highest BCUT2D eigenvalue weighted by Crippen LogP contribution is 2.35. The average molecular weight is 346 g/mol. The van der Waals surface area contributed by atoms with E-state index in [1.54, 1.807) is 12.3 Å². The predicted octanol–water partition coefficient (Wildman–Crippen LogP) is 3.49. The lowest BCUT2D eigenvalue weighted by Crippen LogP contribution is -2.36. The molecule has 0 saturated carbocycles. The van der Waals surface area contributed by atoms with E-state index in [2.05, 4.69) is 22.1 Å². The van der Waals surface area contributed by atoms with Crippen molar-refractivity contribution in [1.29, 1.82) is 0 Å². The van der Waals surface area contributed by atoms with Crippen molar-refractivity contribution in [3.8, 4) is 0 Å². The Labute approximate surface area is 146 Å². The van der Waals surface area contributed by atoms with Crippen LogP contribution in [0.15, 0.2) is 18.3 Å². The molecule has 1 aliphatic heterocycles. The minimum atomic E-state index is -0.229. The van der Waals surface area contributed by atoms with Gasteiger partial charge in [-0.05, 0) is 44.2 Å². The van der Waals surface area contributed by atoms with Gasteiger partial charge in [-0.25, -0.2) is 14.4 Å². The van der Waals surface area contributed by atoms with Gasteiger partial charge >= 0.3 is 0 Å². The summed E-state index contributed by atoms with van der Waals surface area (Å²) in [6, 6.07) is 3.92. The maximum Gasteiger partial charge on any atom is 0.165 e. The Morgan fingerprint density at radius 1 is 1.42 bits per heavy atom. The van der Waals surface area contributed by atoms with Gasteiger partial charge in [0.25, 0.3) is 0 Å². The van der Waals surface area contributed by atoms with Gasteiger partial charge in [-0.1, -0.05) is 6.92 Å². The highest BCUT2D eigenvalue weighted by atomic mass is 32.1. The summed E-state index contributed by atoms with van der Waals surface area (Å²) >= 11 is 1.87. The molecule has 1 aliphatic carbocycles. The van der Waals surface area contributed by atoms with Crippen molar-refractivity contribution in [1.82, 2.24) is 15.3 Å². The SMILES string of the molecule is CCc1nc2c(s1)[C@@H](N[C@@H]1CCN(c3ncccc3F)C1)CCC2. The molecule has 3 heterocycles. The lowest BCUT2D eigenvalue weighted by atomic mass is 9.97. The molecule has 0 aromatic carbocycles. The van der Waals surface area contributed by atoms with E-state index in [-0.39, 0.29) is 5.82 Å². The van der Waals surface area contributed by atoms with E-state index in [4.69, 9.17) is 4.98 Å². The van der Waals surface area contributed by atoms with Crippen molar-refractivity contribution in [3.05, 3.63) is 39.7 Å². The van der Waals surface area contributed by atoms with Crippen molar-refractivity contribution in [3.63, 3.8) is 0 Å². The zero-order chi connectivity index (χ0) is 16.5.